The van der Waals surface area contributed by atoms with Gasteiger partial charge in [0.05, 0.1) is 0 Å². The number of rotatable bonds is 8. The molecule has 0 atom stereocenters. The van der Waals surface area contributed by atoms with Crippen molar-refractivity contribution in [2.75, 3.05) is 11.9 Å². The number of alkyl carbamates (subject to hydrolysis) is 1. The molecular formula is C28H28N2O5. The Hall–Kier alpha value is -4.13. The fraction of sp³-hybridized carbons (Fsp3) is 0.250. The fourth-order valence-electron chi connectivity index (χ4n) is 4.29. The molecule has 0 aliphatic heterocycles. The summed E-state index contributed by atoms with van der Waals surface area (Å²) in [6.45, 7) is 3.35. The predicted molar refractivity (Wildman–Crippen MR) is 133 cm³/mol. The van der Waals surface area contributed by atoms with Gasteiger partial charge in [0.1, 0.15) is 12.1 Å². The molecule has 0 aromatic heterocycles. The van der Waals surface area contributed by atoms with E-state index in [-0.39, 0.29) is 18.9 Å². The van der Waals surface area contributed by atoms with E-state index >= 15 is 0 Å². The molecule has 0 saturated heterocycles. The van der Waals surface area contributed by atoms with E-state index in [4.69, 9.17) is 9.84 Å². The molecule has 35 heavy (non-hydrogen) atoms. The number of nitrogens with one attached hydrogen (secondary N) is 2. The zero-order valence-corrected chi connectivity index (χ0v) is 19.7. The lowest BCUT2D eigenvalue weighted by Gasteiger charge is -2.25. The van der Waals surface area contributed by atoms with Crippen LogP contribution in [0.5, 0.6) is 0 Å². The number of aryl methyl sites for hydroxylation is 1. The molecule has 3 aromatic rings. The van der Waals surface area contributed by atoms with Crippen molar-refractivity contribution in [3.8, 4) is 11.1 Å². The maximum absolute atomic E-state index is 12.9. The van der Waals surface area contributed by atoms with E-state index in [1.165, 1.54) is 0 Å². The van der Waals surface area contributed by atoms with E-state index < -0.39 is 23.5 Å². The topological polar surface area (TPSA) is 105 Å². The summed E-state index contributed by atoms with van der Waals surface area (Å²) in [5.74, 6) is -1.37. The number of anilines is 1. The minimum Gasteiger partial charge on any atom is -0.481 e. The molecular weight excluding hydrogens is 444 g/mol. The third-order valence-electron chi connectivity index (χ3n) is 6.14. The second-order valence-corrected chi connectivity index (χ2v) is 9.12. The summed E-state index contributed by atoms with van der Waals surface area (Å²) in [5, 5.41) is 14.3. The first-order valence-electron chi connectivity index (χ1n) is 11.5. The third kappa shape index (κ3) is 5.51. The van der Waals surface area contributed by atoms with Crippen LogP contribution in [0.15, 0.2) is 72.8 Å². The molecule has 0 radical (unpaired) electrons. The van der Waals surface area contributed by atoms with Crippen LogP contribution in [0.2, 0.25) is 0 Å². The maximum Gasteiger partial charge on any atom is 0.408 e. The number of hydrogen-bond donors (Lipinski definition) is 3. The van der Waals surface area contributed by atoms with E-state index in [2.05, 4.69) is 22.8 Å². The second kappa shape index (κ2) is 10.0. The number of benzene rings is 3. The molecule has 1 aliphatic rings. The molecule has 0 fully saturated rings. The quantitative estimate of drug-likeness (QED) is 0.430. The van der Waals surface area contributed by atoms with Crippen LogP contribution in [0.1, 0.15) is 42.9 Å². The van der Waals surface area contributed by atoms with Gasteiger partial charge in [-0.3, -0.25) is 9.59 Å². The van der Waals surface area contributed by atoms with Crippen molar-refractivity contribution in [3.05, 3.63) is 89.5 Å². The highest BCUT2D eigenvalue weighted by Crippen LogP contribution is 2.44. The van der Waals surface area contributed by atoms with Gasteiger partial charge in [-0.1, -0.05) is 60.7 Å². The van der Waals surface area contributed by atoms with E-state index in [9.17, 15) is 14.4 Å². The van der Waals surface area contributed by atoms with Gasteiger partial charge in [0.25, 0.3) is 0 Å². The molecule has 0 bridgehead atoms. The van der Waals surface area contributed by atoms with Gasteiger partial charge in [0.15, 0.2) is 0 Å². The van der Waals surface area contributed by atoms with Gasteiger partial charge in [0, 0.05) is 18.0 Å². The molecule has 4 rings (SSSR count). The van der Waals surface area contributed by atoms with Crippen molar-refractivity contribution >= 4 is 23.7 Å². The number of amides is 2. The van der Waals surface area contributed by atoms with E-state index in [0.29, 0.717) is 12.1 Å². The minimum absolute atomic E-state index is 0.00618. The first-order valence-corrected chi connectivity index (χ1v) is 11.5. The highest BCUT2D eigenvalue weighted by atomic mass is 16.5. The molecule has 0 saturated carbocycles. The number of carbonyl (C=O) groups is 3. The number of ether oxygens (including phenoxy) is 1. The zero-order chi connectivity index (χ0) is 25.0. The maximum atomic E-state index is 12.9. The number of carboxylic acids is 1. The summed E-state index contributed by atoms with van der Waals surface area (Å²) < 4.78 is 5.56. The van der Waals surface area contributed by atoms with Gasteiger partial charge in [0.2, 0.25) is 5.91 Å². The van der Waals surface area contributed by atoms with Crippen molar-refractivity contribution < 1.29 is 24.2 Å². The molecule has 0 heterocycles. The Labute approximate surface area is 204 Å². The van der Waals surface area contributed by atoms with E-state index in [1.807, 2.05) is 36.4 Å². The van der Waals surface area contributed by atoms with Crippen LogP contribution >= 0.6 is 0 Å². The SMILES string of the molecule is CC(C)(NC(=O)OCC1c2ccccc2-c2ccccc21)C(=O)Nc1cccc(CCC(=O)O)c1. The number of carbonyl (C=O) groups excluding carboxylic acids is 2. The minimum atomic E-state index is -1.24. The molecule has 0 spiro atoms. The van der Waals surface area contributed by atoms with Gasteiger partial charge in [-0.15, -0.1) is 0 Å². The van der Waals surface area contributed by atoms with Gasteiger partial charge >= 0.3 is 12.1 Å². The van der Waals surface area contributed by atoms with Crippen LogP contribution in [0.25, 0.3) is 11.1 Å². The second-order valence-electron chi connectivity index (χ2n) is 9.12. The predicted octanol–water partition coefficient (Wildman–Crippen LogP) is 4.96. The summed E-state index contributed by atoms with van der Waals surface area (Å²) in [6.07, 6.45) is -0.311. The molecule has 3 aromatic carbocycles. The summed E-state index contributed by atoms with van der Waals surface area (Å²) in [6, 6.07) is 23.2. The first kappa shape index (κ1) is 24.0. The van der Waals surface area contributed by atoms with Gasteiger partial charge in [-0.25, -0.2) is 4.79 Å². The van der Waals surface area contributed by atoms with Crippen molar-refractivity contribution in [1.82, 2.24) is 5.32 Å². The zero-order valence-electron chi connectivity index (χ0n) is 19.7. The van der Waals surface area contributed by atoms with E-state index in [1.54, 1.807) is 38.1 Å². The van der Waals surface area contributed by atoms with Crippen LogP contribution < -0.4 is 10.6 Å². The summed E-state index contributed by atoms with van der Waals surface area (Å²) >= 11 is 0. The lowest BCUT2D eigenvalue weighted by Crippen LogP contribution is -2.52. The van der Waals surface area contributed by atoms with Crippen LogP contribution in [0.4, 0.5) is 10.5 Å². The highest BCUT2D eigenvalue weighted by Gasteiger charge is 2.32. The molecule has 7 heteroatoms. The Morgan fingerprint density at radius 2 is 1.54 bits per heavy atom. The first-order chi connectivity index (χ1) is 16.7. The Bertz CT molecular complexity index is 1220. The largest absolute Gasteiger partial charge is 0.481 e. The Balaban J connectivity index is 1.36. The van der Waals surface area contributed by atoms with Gasteiger partial charge in [-0.05, 0) is 60.2 Å². The lowest BCUT2D eigenvalue weighted by molar-refractivity contribution is -0.137. The molecule has 0 unspecified atom stereocenters. The third-order valence-corrected chi connectivity index (χ3v) is 6.14. The number of hydrogen-bond acceptors (Lipinski definition) is 4. The van der Waals surface area contributed by atoms with Crippen molar-refractivity contribution in [3.63, 3.8) is 0 Å². The van der Waals surface area contributed by atoms with E-state index in [0.717, 1.165) is 27.8 Å². The molecule has 180 valence electrons. The average molecular weight is 473 g/mol. The number of aliphatic carboxylic acids is 1. The normalized spacial score (nSPS) is 12.4. The smallest absolute Gasteiger partial charge is 0.408 e. The number of carboxylic acid groups (broad SMARTS) is 1. The van der Waals surface area contributed by atoms with Crippen molar-refractivity contribution in [2.45, 2.75) is 38.1 Å². The van der Waals surface area contributed by atoms with Crippen molar-refractivity contribution in [2.24, 2.45) is 0 Å². The van der Waals surface area contributed by atoms with Crippen LogP contribution in [0.3, 0.4) is 0 Å². The van der Waals surface area contributed by atoms with Crippen molar-refractivity contribution in [1.29, 1.82) is 0 Å². The van der Waals surface area contributed by atoms with Crippen LogP contribution in [-0.2, 0) is 20.7 Å². The molecule has 3 N–H and O–H groups in total. The number of fused-ring (bicyclic) bond motifs is 3. The van der Waals surface area contributed by atoms with Crippen LogP contribution in [-0.4, -0.2) is 35.2 Å². The Kier molecular flexibility index (Phi) is 6.87. The average Bonchev–Trinajstić information content (AvgIpc) is 3.15. The molecule has 2 amide bonds. The van der Waals surface area contributed by atoms with Crippen LogP contribution in [0, 0.1) is 0 Å². The van der Waals surface area contributed by atoms with Gasteiger partial charge < -0.3 is 20.5 Å². The monoisotopic (exact) mass is 472 g/mol. The molecule has 1 aliphatic carbocycles. The Morgan fingerprint density at radius 1 is 0.914 bits per heavy atom. The summed E-state index contributed by atoms with van der Waals surface area (Å²) in [7, 11) is 0. The Morgan fingerprint density at radius 3 is 2.17 bits per heavy atom. The highest BCUT2D eigenvalue weighted by molar-refractivity contribution is 5.99. The molecule has 7 nitrogen and oxygen atoms in total. The lowest BCUT2D eigenvalue weighted by atomic mass is 9.98. The van der Waals surface area contributed by atoms with Gasteiger partial charge in [-0.2, -0.15) is 0 Å². The standard InChI is InChI=1S/C28H28N2O5/c1-28(2,26(33)29-19-9-7-8-18(16-19)14-15-25(31)32)30-27(34)35-17-24-22-12-5-3-10-20(22)21-11-4-6-13-23(21)24/h3-13,16,24H,14-15,17H2,1-2H3,(H,29,33)(H,30,34)(H,31,32). The fourth-order valence-corrected chi connectivity index (χ4v) is 4.29. The summed E-state index contributed by atoms with van der Waals surface area (Å²) in [5.41, 5.74) is 4.60. The summed E-state index contributed by atoms with van der Waals surface area (Å²) in [4.78, 5) is 36.3.